The van der Waals surface area contributed by atoms with Crippen molar-refractivity contribution >= 4 is 22.5 Å². The molecule has 0 aliphatic carbocycles. The molecule has 0 atom stereocenters. The summed E-state index contributed by atoms with van der Waals surface area (Å²) in [6, 6.07) is 29.3. The summed E-state index contributed by atoms with van der Waals surface area (Å²) >= 11 is 6.17. The van der Waals surface area contributed by atoms with E-state index in [-0.39, 0.29) is 10.9 Å². The Hall–Kier alpha value is -1.70. The third-order valence-corrected chi connectivity index (χ3v) is 5.44. The quantitative estimate of drug-likeness (QED) is 0.565. The Kier molecular flexibility index (Phi) is 4.10. The predicted octanol–water partition coefficient (Wildman–Crippen LogP) is 5.44. The minimum Gasteiger partial charge on any atom is -0.0841 e. The molecule has 0 bridgehead atoms. The lowest BCUT2D eigenvalue weighted by molar-refractivity contribution is 1.32. The van der Waals surface area contributed by atoms with Crippen LogP contribution in [0.4, 0.5) is 0 Å². The van der Waals surface area contributed by atoms with E-state index in [0.29, 0.717) is 0 Å². The minimum absolute atomic E-state index is 0.109. The van der Waals surface area contributed by atoms with Gasteiger partial charge in [-0.05, 0) is 36.4 Å². The van der Waals surface area contributed by atoms with Crippen molar-refractivity contribution in [1.29, 1.82) is 0 Å². The molecule has 0 saturated carbocycles. The normalized spacial score (nSPS) is 10.7. The van der Waals surface area contributed by atoms with Gasteiger partial charge >= 0.3 is 0 Å². The predicted molar refractivity (Wildman–Crippen MR) is 86.5 cm³/mol. The van der Waals surface area contributed by atoms with Crippen molar-refractivity contribution in [2.75, 3.05) is 0 Å². The Labute approximate surface area is 127 Å². The Balaban J connectivity index is 2.14. The second-order valence-electron chi connectivity index (χ2n) is 4.39. The van der Waals surface area contributed by atoms with Crippen molar-refractivity contribution in [3.63, 3.8) is 0 Å². The summed E-state index contributed by atoms with van der Waals surface area (Å²) in [5, 5.41) is 0.784. The molecule has 0 amide bonds. The van der Waals surface area contributed by atoms with E-state index in [1.54, 1.807) is 0 Å². The Bertz CT molecular complexity index is 641. The number of benzene rings is 3. The zero-order valence-electron chi connectivity index (χ0n) is 10.9. The number of hydrogen-bond donors (Lipinski definition) is 0. The lowest BCUT2D eigenvalue weighted by Gasteiger charge is -2.07. The molecule has 20 heavy (non-hydrogen) atoms. The molecule has 0 unspecified atom stereocenters. The van der Waals surface area contributed by atoms with Crippen LogP contribution >= 0.6 is 11.6 Å². The lowest BCUT2D eigenvalue weighted by Crippen LogP contribution is -2.04. The van der Waals surface area contributed by atoms with Crippen LogP contribution in [-0.4, -0.2) is 0 Å². The van der Waals surface area contributed by atoms with Crippen LogP contribution in [0, 0.1) is 0 Å². The van der Waals surface area contributed by atoms with Crippen LogP contribution in [-0.2, 0) is 10.9 Å². The molecule has 0 N–H and O–H groups in total. The van der Waals surface area contributed by atoms with E-state index in [1.807, 2.05) is 24.3 Å². The summed E-state index contributed by atoms with van der Waals surface area (Å²) in [5.41, 5.74) is 0. The third kappa shape index (κ3) is 2.90. The molecule has 3 aromatic carbocycles. The van der Waals surface area contributed by atoms with Gasteiger partial charge < -0.3 is 0 Å². The van der Waals surface area contributed by atoms with Crippen molar-refractivity contribution < 1.29 is 0 Å². The highest BCUT2D eigenvalue weighted by atomic mass is 35.5. The summed E-state index contributed by atoms with van der Waals surface area (Å²) in [6.07, 6.45) is 0. The maximum absolute atomic E-state index is 6.17. The fourth-order valence-corrected chi connectivity index (χ4v) is 4.50. The standard InChI is InChI=1S/C18H14ClS/c19-15-8-7-13-18(14-15)20(16-9-3-1-4-10-16)17-11-5-2-6-12-17/h1-14H/q+1. The molecule has 98 valence electrons. The molecule has 0 heterocycles. The van der Waals surface area contributed by atoms with E-state index in [4.69, 9.17) is 11.6 Å². The van der Waals surface area contributed by atoms with Gasteiger partial charge in [0.2, 0.25) is 0 Å². The zero-order valence-corrected chi connectivity index (χ0v) is 12.4. The summed E-state index contributed by atoms with van der Waals surface area (Å²) in [6.45, 7) is 0. The van der Waals surface area contributed by atoms with Crippen molar-refractivity contribution in [2.24, 2.45) is 0 Å². The second kappa shape index (κ2) is 6.17. The van der Waals surface area contributed by atoms with E-state index in [1.165, 1.54) is 14.7 Å². The van der Waals surface area contributed by atoms with E-state index in [9.17, 15) is 0 Å². The molecule has 0 aliphatic heterocycles. The van der Waals surface area contributed by atoms with E-state index >= 15 is 0 Å². The first-order chi connectivity index (χ1) is 9.84. The molecule has 3 aromatic rings. The van der Waals surface area contributed by atoms with Crippen LogP contribution in [0.2, 0.25) is 5.02 Å². The highest BCUT2D eigenvalue weighted by Crippen LogP contribution is 2.31. The number of halogens is 1. The SMILES string of the molecule is Clc1cccc([S+](c2ccccc2)c2ccccc2)c1. The van der Waals surface area contributed by atoms with E-state index < -0.39 is 0 Å². The minimum atomic E-state index is -0.109. The van der Waals surface area contributed by atoms with Gasteiger partial charge in [-0.3, -0.25) is 0 Å². The van der Waals surface area contributed by atoms with Gasteiger partial charge in [-0.1, -0.05) is 54.1 Å². The highest BCUT2D eigenvalue weighted by Gasteiger charge is 2.28. The van der Waals surface area contributed by atoms with Gasteiger partial charge in [0.15, 0.2) is 14.7 Å². The molecule has 0 aromatic heterocycles. The van der Waals surface area contributed by atoms with Crippen LogP contribution in [0.1, 0.15) is 0 Å². The zero-order chi connectivity index (χ0) is 13.8. The van der Waals surface area contributed by atoms with Gasteiger partial charge in [0.1, 0.15) is 0 Å². The van der Waals surface area contributed by atoms with Crippen molar-refractivity contribution in [3.05, 3.63) is 90.0 Å². The Morgan fingerprint density at radius 2 is 1.05 bits per heavy atom. The molecule has 0 fully saturated rings. The third-order valence-electron chi connectivity index (χ3n) is 2.99. The number of hydrogen-bond acceptors (Lipinski definition) is 0. The smallest absolute Gasteiger partial charge is 0.0841 e. The molecule has 0 saturated heterocycles. The molecule has 3 rings (SSSR count). The monoisotopic (exact) mass is 297 g/mol. The summed E-state index contributed by atoms with van der Waals surface area (Å²) in [4.78, 5) is 3.86. The molecule has 0 spiro atoms. The molecule has 2 heteroatoms. The topological polar surface area (TPSA) is 0 Å². The summed E-state index contributed by atoms with van der Waals surface area (Å²) < 4.78 is 0. The summed E-state index contributed by atoms with van der Waals surface area (Å²) in [5.74, 6) is 0. The highest BCUT2D eigenvalue weighted by molar-refractivity contribution is 7.97. The van der Waals surface area contributed by atoms with Gasteiger partial charge in [0, 0.05) is 11.1 Å². The van der Waals surface area contributed by atoms with Gasteiger partial charge in [-0.25, -0.2) is 0 Å². The van der Waals surface area contributed by atoms with Gasteiger partial charge in [0.25, 0.3) is 0 Å². The maximum Gasteiger partial charge on any atom is 0.168 e. The fraction of sp³-hybridized carbons (Fsp3) is 0. The van der Waals surface area contributed by atoms with E-state index in [0.717, 1.165) is 5.02 Å². The largest absolute Gasteiger partial charge is 0.168 e. The van der Waals surface area contributed by atoms with Crippen molar-refractivity contribution in [3.8, 4) is 0 Å². The van der Waals surface area contributed by atoms with Crippen LogP contribution in [0.25, 0.3) is 0 Å². The number of rotatable bonds is 3. The van der Waals surface area contributed by atoms with Gasteiger partial charge in [-0.2, -0.15) is 0 Å². The Morgan fingerprint density at radius 3 is 1.55 bits per heavy atom. The first kappa shape index (κ1) is 13.3. The average molecular weight is 298 g/mol. The maximum atomic E-state index is 6.17. The van der Waals surface area contributed by atoms with Crippen LogP contribution in [0.15, 0.2) is 99.6 Å². The molecular weight excluding hydrogens is 284 g/mol. The average Bonchev–Trinajstić information content (AvgIpc) is 2.50. The van der Waals surface area contributed by atoms with Gasteiger partial charge in [-0.15, -0.1) is 0 Å². The van der Waals surface area contributed by atoms with Crippen LogP contribution < -0.4 is 0 Å². The first-order valence-corrected chi connectivity index (χ1v) is 8.05. The Morgan fingerprint density at radius 1 is 0.550 bits per heavy atom. The van der Waals surface area contributed by atoms with Crippen LogP contribution in [0.3, 0.4) is 0 Å². The van der Waals surface area contributed by atoms with Crippen LogP contribution in [0.5, 0.6) is 0 Å². The van der Waals surface area contributed by atoms with Crippen molar-refractivity contribution in [1.82, 2.24) is 0 Å². The summed E-state index contributed by atoms with van der Waals surface area (Å²) in [7, 11) is -0.109. The fourth-order valence-electron chi connectivity index (χ4n) is 2.12. The lowest BCUT2D eigenvalue weighted by atomic mass is 10.4. The second-order valence-corrected chi connectivity index (χ2v) is 6.85. The molecule has 0 nitrogen and oxygen atoms in total. The van der Waals surface area contributed by atoms with Gasteiger partial charge in [0.05, 0.1) is 10.9 Å². The first-order valence-electron chi connectivity index (χ1n) is 6.44. The molecular formula is C18H14ClS+. The molecule has 0 aliphatic rings. The van der Waals surface area contributed by atoms with E-state index in [2.05, 4.69) is 60.7 Å². The van der Waals surface area contributed by atoms with Crippen molar-refractivity contribution in [2.45, 2.75) is 14.7 Å². The molecule has 0 radical (unpaired) electrons.